The summed E-state index contributed by atoms with van der Waals surface area (Å²) in [6.07, 6.45) is 0. The van der Waals surface area contributed by atoms with Crippen molar-refractivity contribution in [3.8, 4) is 0 Å². The van der Waals surface area contributed by atoms with Gasteiger partial charge in [0, 0.05) is 15.7 Å². The van der Waals surface area contributed by atoms with Gasteiger partial charge in [-0.3, -0.25) is 9.11 Å². The molecule has 0 aromatic heterocycles. The van der Waals surface area contributed by atoms with Crippen LogP contribution in [0.1, 0.15) is 5.56 Å². The highest BCUT2D eigenvalue weighted by atomic mass is 32.2. The molecule has 0 fully saturated rings. The van der Waals surface area contributed by atoms with Gasteiger partial charge in [0.2, 0.25) is 0 Å². The smallest absolute Gasteiger partial charge is 0.282 e. The van der Waals surface area contributed by atoms with Gasteiger partial charge in [-0.25, -0.2) is 5.26 Å². The molecule has 0 heterocycles. The summed E-state index contributed by atoms with van der Waals surface area (Å²) in [4.78, 5) is -1.43. The Kier molecular flexibility index (Phi) is 6.73. The Morgan fingerprint density at radius 1 is 0.806 bits per heavy atom. The quantitative estimate of drug-likeness (QED) is 0.142. The highest BCUT2D eigenvalue weighted by molar-refractivity contribution is 7.94. The molecule has 0 spiro atoms. The Morgan fingerprint density at radius 3 is 1.94 bits per heavy atom. The lowest BCUT2D eigenvalue weighted by molar-refractivity contribution is -0.432. The molecule has 0 aliphatic carbocycles. The molecule has 3 rings (SSSR count). The molecular formula is C17H14N2O9S3. The van der Waals surface area contributed by atoms with Crippen LogP contribution in [0.2, 0.25) is 0 Å². The molecule has 0 saturated carbocycles. The molecule has 0 aliphatic rings. The molecule has 11 nitrogen and oxygen atoms in total. The Morgan fingerprint density at radius 2 is 1.35 bits per heavy atom. The van der Waals surface area contributed by atoms with E-state index in [4.69, 9.17) is 5.26 Å². The lowest BCUT2D eigenvalue weighted by Gasteiger charge is -2.11. The van der Waals surface area contributed by atoms with Crippen LogP contribution in [0.4, 0.5) is 11.4 Å². The van der Waals surface area contributed by atoms with E-state index < -0.39 is 30.0 Å². The van der Waals surface area contributed by atoms with E-state index in [9.17, 15) is 25.9 Å². The van der Waals surface area contributed by atoms with Crippen molar-refractivity contribution in [3.05, 3.63) is 54.1 Å². The molecule has 0 bridgehead atoms. The average molecular weight is 487 g/mol. The first kappa shape index (κ1) is 23.2. The molecule has 0 aliphatic heterocycles. The zero-order valence-corrected chi connectivity index (χ0v) is 18.0. The zero-order valence-electron chi connectivity index (χ0n) is 15.5. The van der Waals surface area contributed by atoms with Crippen LogP contribution in [0, 0.1) is 6.92 Å². The van der Waals surface area contributed by atoms with E-state index in [-0.39, 0.29) is 21.4 Å². The van der Waals surface area contributed by atoms with Crippen molar-refractivity contribution in [2.45, 2.75) is 21.6 Å². The van der Waals surface area contributed by atoms with Gasteiger partial charge in [-0.1, -0.05) is 22.7 Å². The molecule has 0 radical (unpaired) electrons. The number of benzene rings is 3. The summed E-state index contributed by atoms with van der Waals surface area (Å²) in [5.41, 5.74) is 1.34. The van der Waals surface area contributed by atoms with Crippen molar-refractivity contribution in [1.29, 1.82) is 0 Å². The number of aryl methyl sites for hydroxylation is 1. The Balaban J connectivity index is 2.28. The van der Waals surface area contributed by atoms with Crippen molar-refractivity contribution in [2.75, 3.05) is 0 Å². The molecule has 0 saturated heterocycles. The van der Waals surface area contributed by atoms with E-state index in [1.54, 1.807) is 24.3 Å². The molecule has 3 N–H and O–H groups in total. The largest absolute Gasteiger partial charge is 0.295 e. The van der Waals surface area contributed by atoms with Crippen LogP contribution in [0.5, 0.6) is 0 Å². The summed E-state index contributed by atoms with van der Waals surface area (Å²) < 4.78 is 71.3. The van der Waals surface area contributed by atoms with E-state index in [0.29, 0.717) is 17.7 Å². The summed E-state index contributed by atoms with van der Waals surface area (Å²) in [6.45, 7) is 1.88. The first-order valence-corrected chi connectivity index (χ1v) is 11.8. The second-order valence-corrected chi connectivity index (χ2v) is 9.73. The van der Waals surface area contributed by atoms with Crippen LogP contribution < -0.4 is 0 Å². The van der Waals surface area contributed by atoms with Gasteiger partial charge >= 0.3 is 0 Å². The van der Waals surface area contributed by atoms with Gasteiger partial charge in [-0.05, 0) is 43.3 Å². The number of rotatable bonds is 7. The molecule has 0 atom stereocenters. The molecule has 14 heteroatoms. The zero-order chi connectivity index (χ0) is 22.8. The molecule has 31 heavy (non-hydrogen) atoms. The summed E-state index contributed by atoms with van der Waals surface area (Å²) >= 11 is 0.332. The monoisotopic (exact) mass is 486 g/mol. The minimum absolute atomic E-state index is 0.0619. The SMILES string of the molecule is Cc1ccc(N=Nc2cc(S(=O)(=O)O)c3cc(SOOO)cc(S(=O)(=O)O)c3c2)cc1. The maximum absolute atomic E-state index is 12.0. The maximum Gasteiger partial charge on any atom is 0.295 e. The average Bonchev–Trinajstić information content (AvgIpc) is 2.69. The minimum Gasteiger partial charge on any atom is -0.282 e. The van der Waals surface area contributed by atoms with Gasteiger partial charge in [0.25, 0.3) is 20.2 Å². The van der Waals surface area contributed by atoms with Crippen molar-refractivity contribution in [2.24, 2.45) is 10.2 Å². The maximum atomic E-state index is 12.0. The van der Waals surface area contributed by atoms with Crippen LogP contribution in [0.25, 0.3) is 10.8 Å². The lowest BCUT2D eigenvalue weighted by Crippen LogP contribution is -2.04. The van der Waals surface area contributed by atoms with Gasteiger partial charge in [-0.15, -0.1) is 4.33 Å². The predicted octanol–water partition coefficient (Wildman–Crippen LogP) is 4.49. The number of fused-ring (bicyclic) bond motifs is 1. The fraction of sp³-hybridized carbons (Fsp3) is 0.0588. The van der Waals surface area contributed by atoms with Gasteiger partial charge < -0.3 is 0 Å². The number of hydrogen-bond donors (Lipinski definition) is 3. The van der Waals surface area contributed by atoms with E-state index in [2.05, 4.69) is 19.6 Å². The molecule has 3 aromatic rings. The van der Waals surface area contributed by atoms with Crippen LogP contribution in [-0.4, -0.2) is 31.2 Å². The van der Waals surface area contributed by atoms with Crippen molar-refractivity contribution < 1.29 is 40.6 Å². The predicted molar refractivity (Wildman–Crippen MR) is 110 cm³/mol. The second-order valence-electron chi connectivity index (χ2n) is 6.17. The van der Waals surface area contributed by atoms with Crippen LogP contribution in [0.3, 0.4) is 0 Å². The molecule has 0 amide bonds. The van der Waals surface area contributed by atoms with E-state index in [0.717, 1.165) is 23.8 Å². The Hall–Kier alpha value is -2.43. The summed E-state index contributed by atoms with van der Waals surface area (Å²) in [5, 5.41) is 19.1. The van der Waals surface area contributed by atoms with E-state index in [1.165, 1.54) is 6.07 Å². The molecule has 164 valence electrons. The van der Waals surface area contributed by atoms with Crippen LogP contribution >= 0.6 is 12.0 Å². The van der Waals surface area contributed by atoms with Gasteiger partial charge in [0.15, 0.2) is 0 Å². The van der Waals surface area contributed by atoms with Crippen molar-refractivity contribution >= 4 is 54.4 Å². The highest BCUT2D eigenvalue weighted by Crippen LogP contribution is 2.37. The number of nitrogens with zero attached hydrogens (tertiary/aromatic N) is 2. The molecular weight excluding hydrogens is 472 g/mol. The fourth-order valence-corrected chi connectivity index (χ4v) is 4.62. The number of hydrogen-bond acceptors (Lipinski definition) is 10. The highest BCUT2D eigenvalue weighted by Gasteiger charge is 2.23. The summed E-state index contributed by atoms with van der Waals surface area (Å²) in [7, 11) is -9.70. The Bertz CT molecular complexity index is 1370. The van der Waals surface area contributed by atoms with Crippen molar-refractivity contribution in [1.82, 2.24) is 0 Å². The van der Waals surface area contributed by atoms with Gasteiger partial charge in [0.1, 0.15) is 9.79 Å². The standard InChI is InChI=1S/C17H14N2O9S3/c1-10-2-4-11(5-3-10)18-19-12-6-14-15(16(7-12)30(21,22)23)8-13(29-28-27-20)9-17(14)31(24,25)26/h2-9,20H,1H3,(H,21,22,23)(H,24,25,26). The van der Waals surface area contributed by atoms with E-state index in [1.807, 2.05) is 6.92 Å². The van der Waals surface area contributed by atoms with Crippen molar-refractivity contribution in [3.63, 3.8) is 0 Å². The fourth-order valence-electron chi connectivity index (χ4n) is 2.67. The normalized spacial score (nSPS) is 12.6. The molecule has 0 unspecified atom stereocenters. The topological polar surface area (TPSA) is 172 Å². The molecule has 3 aromatic carbocycles. The first-order valence-electron chi connectivity index (χ1n) is 8.19. The lowest BCUT2D eigenvalue weighted by atomic mass is 10.1. The van der Waals surface area contributed by atoms with Gasteiger partial charge in [-0.2, -0.15) is 27.1 Å². The number of azo groups is 1. The van der Waals surface area contributed by atoms with Crippen LogP contribution in [-0.2, 0) is 29.6 Å². The van der Waals surface area contributed by atoms with Crippen LogP contribution in [0.15, 0.2) is 73.4 Å². The summed E-state index contributed by atoms with van der Waals surface area (Å²) in [5.74, 6) is 0. The Labute approximate surface area is 180 Å². The van der Waals surface area contributed by atoms with Gasteiger partial charge in [0.05, 0.1) is 23.4 Å². The minimum atomic E-state index is -4.85. The summed E-state index contributed by atoms with van der Waals surface area (Å²) in [6, 6.07) is 11.2. The third kappa shape index (κ3) is 5.63. The third-order valence-corrected chi connectivity index (χ3v) is 6.33. The van der Waals surface area contributed by atoms with E-state index >= 15 is 0 Å². The first-order chi connectivity index (χ1) is 14.5. The second kappa shape index (κ2) is 8.97. The third-order valence-electron chi connectivity index (χ3n) is 3.98.